The molecule has 0 fully saturated rings. The third-order valence-corrected chi connectivity index (χ3v) is 12.8. The predicted molar refractivity (Wildman–Crippen MR) is 260 cm³/mol. The van der Waals surface area contributed by atoms with Crippen LogP contribution in [0.2, 0.25) is 0 Å². The van der Waals surface area contributed by atoms with Gasteiger partial charge in [-0.3, -0.25) is 0 Å². The highest BCUT2D eigenvalue weighted by Crippen LogP contribution is 2.42. The summed E-state index contributed by atoms with van der Waals surface area (Å²) in [5, 5.41) is 3.92. The minimum absolute atomic E-state index is 0.0397. The molecule has 9 aromatic carbocycles. The largest absolute Gasteiger partial charge is 0.456 e. The minimum atomic E-state index is -0.360. The van der Waals surface area contributed by atoms with Gasteiger partial charge in [-0.25, -0.2) is 15.0 Å². The van der Waals surface area contributed by atoms with E-state index in [9.17, 15) is 8.22 Å². The lowest BCUT2D eigenvalue weighted by Gasteiger charge is -2.09. The molecule has 0 spiro atoms. The smallest absolute Gasteiger partial charge is 0.167 e. The van der Waals surface area contributed by atoms with Gasteiger partial charge in [-0.1, -0.05) is 152 Å². The van der Waals surface area contributed by atoms with Crippen LogP contribution in [0.3, 0.4) is 0 Å². The van der Waals surface area contributed by atoms with Crippen molar-refractivity contribution < 1.29 is 17.1 Å². The van der Waals surface area contributed by atoms with Gasteiger partial charge in [-0.2, -0.15) is 0 Å². The molecule has 0 radical (unpaired) electrons. The molecule has 0 aliphatic carbocycles. The first-order chi connectivity index (χ1) is 33.7. The number of thiophene rings is 1. The minimum Gasteiger partial charge on any atom is -0.456 e. The van der Waals surface area contributed by atoms with Crippen molar-refractivity contribution >= 4 is 75.4 Å². The summed E-state index contributed by atoms with van der Waals surface area (Å²) in [7, 11) is 0. The van der Waals surface area contributed by atoms with Crippen molar-refractivity contribution in [2.45, 2.75) is 0 Å². The molecule has 0 saturated carbocycles. The number of nitrogens with zero attached hydrogens (tertiary/aromatic N) is 3. The van der Waals surface area contributed by atoms with Gasteiger partial charge in [0.05, 0.1) is 13.8 Å². The average molecular weight is 830 g/mol. The Hall–Kier alpha value is -8.19. The normalized spacial score (nSPS) is 13.1. The highest BCUT2D eigenvalue weighted by Gasteiger charge is 2.20. The number of rotatable bonds is 6. The van der Waals surface area contributed by atoms with Crippen molar-refractivity contribution in [1.29, 1.82) is 0 Å². The van der Waals surface area contributed by atoms with Gasteiger partial charge in [-0.15, -0.1) is 11.3 Å². The highest BCUT2D eigenvalue weighted by atomic mass is 32.1. The zero-order chi connectivity index (χ0) is 46.7. The molecule has 13 rings (SSSR count). The van der Waals surface area contributed by atoms with Crippen LogP contribution in [0.4, 0.5) is 0 Å². The zero-order valence-corrected chi connectivity index (χ0v) is 34.0. The van der Waals surface area contributed by atoms with Crippen molar-refractivity contribution in [3.8, 4) is 67.5 Å². The molecule has 0 N–H and O–H groups in total. The van der Waals surface area contributed by atoms with Crippen LogP contribution in [-0.2, 0) is 0 Å². The maximum Gasteiger partial charge on any atom is 0.167 e. The molecule has 6 heteroatoms. The number of para-hydroxylation sites is 2. The summed E-state index contributed by atoms with van der Waals surface area (Å²) >= 11 is 1.66. The van der Waals surface area contributed by atoms with Gasteiger partial charge in [-0.05, 0) is 76.3 Å². The standard InChI is InChI=1S/C57H33N3O2S/c1-3-11-34(12-4-1)35-21-23-37(24-22-35)55-58-56(60-57(59-55)46-19-10-18-45-44-17-9-16-41(53(44)62-54(45)46)36-13-5-2-6-14-36)40-25-28-42-47-31-38(26-29-49(47)61-50(42)33-40)39-27-30-52-48(32-39)43-15-7-8-20-51(43)63-52/h1-33H/i25D,26D,28D,29D,31D,33D. The highest BCUT2D eigenvalue weighted by molar-refractivity contribution is 7.25. The van der Waals surface area contributed by atoms with Crippen molar-refractivity contribution in [1.82, 2.24) is 15.0 Å². The first-order valence-electron chi connectivity index (χ1n) is 23.5. The SMILES string of the molecule is [2H]c1c(-c2ccc3sc4ccccc4c3c2)c([2H])c2c(oc3c([2H])c(-c4nc(-c5ccc(-c6ccccc6)cc5)nc(-c5cccc6c5oc5c(-c7ccccc7)cccc56)n4)c([2H])c([2H])c32)c1[2H]. The second-order valence-corrected chi connectivity index (χ2v) is 16.5. The first kappa shape index (κ1) is 29.9. The van der Waals surface area contributed by atoms with E-state index in [1.54, 1.807) is 11.3 Å². The number of furan rings is 2. The molecule has 0 unspecified atom stereocenters. The average Bonchev–Trinajstić information content (AvgIpc) is 4.11. The lowest BCUT2D eigenvalue weighted by atomic mass is 10.0. The number of fused-ring (bicyclic) bond motifs is 9. The molecule has 4 aromatic heterocycles. The van der Waals surface area contributed by atoms with E-state index >= 15 is 0 Å². The van der Waals surface area contributed by atoms with Crippen molar-refractivity contribution in [2.75, 3.05) is 0 Å². The van der Waals surface area contributed by atoms with E-state index in [1.807, 2.05) is 158 Å². The van der Waals surface area contributed by atoms with E-state index in [1.165, 1.54) is 0 Å². The molecule has 294 valence electrons. The Morgan fingerprint density at radius 2 is 0.952 bits per heavy atom. The number of hydrogen-bond donors (Lipinski definition) is 0. The third-order valence-electron chi connectivity index (χ3n) is 11.6. The van der Waals surface area contributed by atoms with Gasteiger partial charge in [0.25, 0.3) is 0 Å². The van der Waals surface area contributed by atoms with E-state index in [4.69, 9.17) is 23.8 Å². The molecule has 0 bridgehead atoms. The lowest BCUT2D eigenvalue weighted by Crippen LogP contribution is -2.00. The summed E-state index contributed by atoms with van der Waals surface area (Å²) in [6, 6.07) is 51.9. The summed E-state index contributed by atoms with van der Waals surface area (Å²) in [4.78, 5) is 14.9. The predicted octanol–water partition coefficient (Wildman–Crippen LogP) is 16.0. The fourth-order valence-electron chi connectivity index (χ4n) is 8.55. The fourth-order valence-corrected chi connectivity index (χ4v) is 9.64. The molecule has 0 amide bonds. The van der Waals surface area contributed by atoms with Crippen molar-refractivity contribution in [3.05, 3.63) is 200 Å². The second-order valence-electron chi connectivity index (χ2n) is 15.4. The van der Waals surface area contributed by atoms with Gasteiger partial charge >= 0.3 is 0 Å². The molecule has 0 saturated heterocycles. The Morgan fingerprint density at radius 3 is 1.76 bits per heavy atom. The van der Waals surface area contributed by atoms with Crippen LogP contribution in [-0.4, -0.2) is 15.0 Å². The van der Waals surface area contributed by atoms with E-state index in [0.717, 1.165) is 53.2 Å². The topological polar surface area (TPSA) is 65.0 Å². The quantitative estimate of drug-likeness (QED) is 0.167. The summed E-state index contributed by atoms with van der Waals surface area (Å²) < 4.78 is 72.0. The molecule has 0 atom stereocenters. The second kappa shape index (κ2) is 14.2. The van der Waals surface area contributed by atoms with E-state index in [-0.39, 0.29) is 86.8 Å². The summed E-state index contributed by atoms with van der Waals surface area (Å²) in [5.74, 6) is 0.453. The van der Waals surface area contributed by atoms with Crippen LogP contribution < -0.4 is 0 Å². The molecule has 4 heterocycles. The van der Waals surface area contributed by atoms with Crippen LogP contribution >= 0.6 is 11.3 Å². The summed E-state index contributed by atoms with van der Waals surface area (Å²) in [6.45, 7) is 0. The molecule has 0 aliphatic heterocycles. The van der Waals surface area contributed by atoms with Crippen LogP contribution in [0.25, 0.3) is 132 Å². The number of hydrogen-bond acceptors (Lipinski definition) is 6. The molecular weight excluding hydrogens is 791 g/mol. The van der Waals surface area contributed by atoms with E-state index < -0.39 is 0 Å². The number of benzene rings is 9. The Morgan fingerprint density at radius 1 is 0.349 bits per heavy atom. The van der Waals surface area contributed by atoms with Crippen molar-refractivity contribution in [2.24, 2.45) is 0 Å². The zero-order valence-electron chi connectivity index (χ0n) is 39.2. The molecule has 63 heavy (non-hydrogen) atoms. The first-order valence-corrected chi connectivity index (χ1v) is 21.3. The van der Waals surface area contributed by atoms with Gasteiger partial charge < -0.3 is 8.83 Å². The van der Waals surface area contributed by atoms with Crippen LogP contribution in [0.5, 0.6) is 0 Å². The molecule has 13 aromatic rings. The van der Waals surface area contributed by atoms with Gasteiger partial charge in [0, 0.05) is 58.4 Å². The Balaban J connectivity index is 1.02. The molecule has 5 nitrogen and oxygen atoms in total. The number of aromatic nitrogens is 3. The molecule has 0 aliphatic rings. The van der Waals surface area contributed by atoms with Crippen LogP contribution in [0, 0.1) is 0 Å². The summed E-state index contributed by atoms with van der Waals surface area (Å²) in [5.41, 5.74) is 6.91. The lowest BCUT2D eigenvalue weighted by molar-refractivity contribution is 0.669. The Labute approximate surface area is 373 Å². The van der Waals surface area contributed by atoms with Gasteiger partial charge in [0.2, 0.25) is 0 Å². The fraction of sp³-hybridized carbons (Fsp3) is 0. The Kier molecular flexibility index (Phi) is 6.75. The Bertz CT molecular complexity index is 4270. The van der Waals surface area contributed by atoms with E-state index in [0.29, 0.717) is 27.9 Å². The maximum atomic E-state index is 9.71. The third kappa shape index (κ3) is 5.95. The summed E-state index contributed by atoms with van der Waals surface area (Å²) in [6.07, 6.45) is 0. The maximum absolute atomic E-state index is 9.71. The van der Waals surface area contributed by atoms with Gasteiger partial charge in [0.1, 0.15) is 22.3 Å². The molecular formula is C57H33N3O2S. The van der Waals surface area contributed by atoms with Crippen molar-refractivity contribution in [3.63, 3.8) is 0 Å². The monoisotopic (exact) mass is 829 g/mol. The van der Waals surface area contributed by atoms with Crippen LogP contribution in [0.1, 0.15) is 8.22 Å². The van der Waals surface area contributed by atoms with E-state index in [2.05, 4.69) is 6.07 Å². The van der Waals surface area contributed by atoms with Gasteiger partial charge in [0.15, 0.2) is 17.5 Å². The van der Waals surface area contributed by atoms with Crippen LogP contribution in [0.15, 0.2) is 209 Å².